The van der Waals surface area contributed by atoms with Crippen molar-refractivity contribution in [3.63, 3.8) is 0 Å². The van der Waals surface area contributed by atoms with Crippen LogP contribution in [0.2, 0.25) is 0 Å². The Morgan fingerprint density at radius 2 is 1.35 bits per heavy atom. The van der Waals surface area contributed by atoms with E-state index in [0.717, 1.165) is 16.3 Å². The van der Waals surface area contributed by atoms with E-state index < -0.39 is 53.7 Å². The van der Waals surface area contributed by atoms with E-state index in [9.17, 15) is 24.0 Å². The van der Waals surface area contributed by atoms with Gasteiger partial charge in [-0.05, 0) is 54.8 Å². The van der Waals surface area contributed by atoms with Gasteiger partial charge in [0.15, 0.2) is 5.96 Å². The molecule has 4 aromatic rings. The van der Waals surface area contributed by atoms with Gasteiger partial charge in [-0.15, -0.1) is 0 Å². The average Bonchev–Trinajstić information content (AvgIpc) is 3.21. The number of aliphatic imine (C=N–C) groups is 1. The number of ether oxygens (including phenoxy) is 2. The predicted molar refractivity (Wildman–Crippen MR) is 217 cm³/mol. The number of rotatable bonds is 10. The quantitative estimate of drug-likeness (QED) is 0.0710. The maximum absolute atomic E-state index is 14.2. The van der Waals surface area contributed by atoms with Crippen LogP contribution in [0.1, 0.15) is 41.6 Å². The monoisotopic (exact) mass is 778 g/mol. The summed E-state index contributed by atoms with van der Waals surface area (Å²) < 4.78 is 11.8. The molecule has 300 valence electrons. The van der Waals surface area contributed by atoms with Gasteiger partial charge in [0, 0.05) is 42.8 Å². The molecule has 15 nitrogen and oxygen atoms in total. The second-order valence-corrected chi connectivity index (χ2v) is 13.6. The summed E-state index contributed by atoms with van der Waals surface area (Å²) in [5.74, 6) is -3.10. The van der Waals surface area contributed by atoms with Gasteiger partial charge < -0.3 is 47.5 Å². The van der Waals surface area contributed by atoms with Crippen LogP contribution < -0.4 is 38.1 Å². The Labute approximate surface area is 331 Å². The standard InChI is InChI=1S/C42H50N8O7/c43-42(44)45-22-12-21-33-38(52)50-36(40(54)46-32-20-11-18-29-15-7-8-19-31(29)32)27-57-24-10-9-23-56-26-35(49-37(51)30-16-5-2-6-17-30)41(55)48-34(39(53)47-33)25-28-13-3-1-4-14-28/h1-8,11,13-20,33-36H,9-10,12,21-27H2,(H,46,54)(H,47,53)(H,48,55)(H,49,51)(H,50,52)(H4,43,44,45). The molecule has 57 heavy (non-hydrogen) atoms. The zero-order valence-electron chi connectivity index (χ0n) is 31.7. The minimum atomic E-state index is -1.18. The van der Waals surface area contributed by atoms with Crippen molar-refractivity contribution in [2.24, 2.45) is 16.5 Å². The fraction of sp³-hybridized carbons (Fsp3) is 0.333. The third-order valence-corrected chi connectivity index (χ3v) is 9.23. The molecule has 4 unspecified atom stereocenters. The van der Waals surface area contributed by atoms with Gasteiger partial charge in [-0.3, -0.25) is 29.0 Å². The third kappa shape index (κ3) is 13.1. The van der Waals surface area contributed by atoms with Gasteiger partial charge in [0.2, 0.25) is 23.6 Å². The number of anilines is 1. The molecular formula is C42H50N8O7. The number of benzene rings is 4. The zero-order valence-corrected chi connectivity index (χ0v) is 31.7. The molecule has 5 rings (SSSR count). The zero-order chi connectivity index (χ0) is 40.4. The lowest BCUT2D eigenvalue weighted by atomic mass is 10.0. The van der Waals surface area contributed by atoms with Crippen LogP contribution in [0.5, 0.6) is 0 Å². The first kappa shape index (κ1) is 41.8. The number of nitrogens with one attached hydrogen (secondary N) is 5. The van der Waals surface area contributed by atoms with E-state index in [2.05, 4.69) is 31.6 Å². The number of carbonyl (C=O) groups is 5. The first-order valence-electron chi connectivity index (χ1n) is 19.0. The number of nitrogens with two attached hydrogens (primary N) is 2. The maximum atomic E-state index is 14.2. The molecule has 1 saturated heterocycles. The van der Waals surface area contributed by atoms with Crippen LogP contribution >= 0.6 is 0 Å². The van der Waals surface area contributed by atoms with Gasteiger partial charge in [-0.25, -0.2) is 0 Å². The van der Waals surface area contributed by atoms with Crippen molar-refractivity contribution in [1.29, 1.82) is 0 Å². The Morgan fingerprint density at radius 1 is 0.719 bits per heavy atom. The lowest BCUT2D eigenvalue weighted by molar-refractivity contribution is -0.134. The molecule has 5 amide bonds. The van der Waals surface area contributed by atoms with E-state index in [1.807, 2.05) is 42.5 Å². The Bertz CT molecular complexity index is 1990. The highest BCUT2D eigenvalue weighted by atomic mass is 16.5. The van der Waals surface area contributed by atoms with E-state index in [1.165, 1.54) is 0 Å². The molecular weight excluding hydrogens is 729 g/mol. The first-order chi connectivity index (χ1) is 27.7. The molecule has 1 heterocycles. The summed E-state index contributed by atoms with van der Waals surface area (Å²) in [6.45, 7) is 0.329. The highest BCUT2D eigenvalue weighted by molar-refractivity contribution is 6.05. The molecule has 1 aliphatic heterocycles. The second-order valence-electron chi connectivity index (χ2n) is 13.6. The molecule has 0 aromatic heterocycles. The van der Waals surface area contributed by atoms with E-state index in [4.69, 9.17) is 20.9 Å². The van der Waals surface area contributed by atoms with Crippen molar-refractivity contribution in [1.82, 2.24) is 21.3 Å². The highest BCUT2D eigenvalue weighted by Crippen LogP contribution is 2.23. The van der Waals surface area contributed by atoms with Crippen LogP contribution in [0.25, 0.3) is 10.8 Å². The Balaban J connectivity index is 1.41. The summed E-state index contributed by atoms with van der Waals surface area (Å²) >= 11 is 0. The summed E-state index contributed by atoms with van der Waals surface area (Å²) in [6.07, 6.45) is 1.52. The average molecular weight is 779 g/mol. The summed E-state index contributed by atoms with van der Waals surface area (Å²) in [4.78, 5) is 73.2. The summed E-state index contributed by atoms with van der Waals surface area (Å²) in [5, 5.41) is 15.8. The predicted octanol–water partition coefficient (Wildman–Crippen LogP) is 2.15. The number of amides is 5. The molecule has 9 N–H and O–H groups in total. The smallest absolute Gasteiger partial charge is 0.251 e. The Kier molecular flexibility index (Phi) is 15.9. The van der Waals surface area contributed by atoms with Crippen LogP contribution in [0.3, 0.4) is 0 Å². The third-order valence-electron chi connectivity index (χ3n) is 9.23. The van der Waals surface area contributed by atoms with Crippen LogP contribution in [0.15, 0.2) is 108 Å². The van der Waals surface area contributed by atoms with E-state index in [1.54, 1.807) is 60.7 Å². The van der Waals surface area contributed by atoms with Crippen LogP contribution in [0.4, 0.5) is 5.69 Å². The van der Waals surface area contributed by atoms with Crippen molar-refractivity contribution >= 4 is 52.0 Å². The fourth-order valence-electron chi connectivity index (χ4n) is 6.21. The topological polar surface area (TPSA) is 228 Å². The van der Waals surface area contributed by atoms with Crippen LogP contribution in [-0.2, 0) is 35.1 Å². The van der Waals surface area contributed by atoms with Gasteiger partial charge in [-0.2, -0.15) is 0 Å². The minimum absolute atomic E-state index is 0.0604. The first-order valence-corrected chi connectivity index (χ1v) is 19.0. The lowest BCUT2D eigenvalue weighted by Crippen LogP contribution is -2.59. The van der Waals surface area contributed by atoms with E-state index >= 15 is 0 Å². The fourth-order valence-corrected chi connectivity index (χ4v) is 6.21. The maximum Gasteiger partial charge on any atom is 0.251 e. The number of fused-ring (bicyclic) bond motifs is 1. The van der Waals surface area contributed by atoms with Gasteiger partial charge in [0.1, 0.15) is 24.2 Å². The molecule has 1 fully saturated rings. The van der Waals surface area contributed by atoms with Crippen LogP contribution in [-0.4, -0.2) is 92.6 Å². The number of nitrogens with zero attached hydrogens (tertiary/aromatic N) is 1. The van der Waals surface area contributed by atoms with Crippen molar-refractivity contribution < 1.29 is 33.4 Å². The summed E-state index contributed by atoms with van der Waals surface area (Å²) in [6, 6.07) is 25.9. The second kappa shape index (κ2) is 21.7. The lowest BCUT2D eigenvalue weighted by Gasteiger charge is -2.27. The highest BCUT2D eigenvalue weighted by Gasteiger charge is 2.32. The molecule has 4 aromatic carbocycles. The summed E-state index contributed by atoms with van der Waals surface area (Å²) in [5.41, 5.74) is 12.7. The van der Waals surface area contributed by atoms with Crippen LogP contribution in [0, 0.1) is 0 Å². The number of hydrogen-bond acceptors (Lipinski definition) is 8. The minimum Gasteiger partial charge on any atom is -0.379 e. The van der Waals surface area contributed by atoms with Crippen molar-refractivity contribution in [3.8, 4) is 0 Å². The molecule has 4 atom stereocenters. The van der Waals surface area contributed by atoms with Gasteiger partial charge in [0.25, 0.3) is 5.91 Å². The summed E-state index contributed by atoms with van der Waals surface area (Å²) in [7, 11) is 0. The van der Waals surface area contributed by atoms with Crippen molar-refractivity contribution in [3.05, 3.63) is 114 Å². The van der Waals surface area contributed by atoms with E-state index in [-0.39, 0.29) is 51.8 Å². The number of hydrogen-bond donors (Lipinski definition) is 7. The molecule has 0 spiro atoms. The normalized spacial score (nSPS) is 20.1. The van der Waals surface area contributed by atoms with Crippen molar-refractivity contribution in [2.45, 2.75) is 56.3 Å². The number of carbonyl (C=O) groups excluding carboxylic acids is 5. The van der Waals surface area contributed by atoms with Gasteiger partial charge >= 0.3 is 0 Å². The number of guanidine groups is 1. The van der Waals surface area contributed by atoms with Crippen molar-refractivity contribution in [2.75, 3.05) is 38.3 Å². The largest absolute Gasteiger partial charge is 0.379 e. The molecule has 0 saturated carbocycles. The Hall–Kier alpha value is -6.32. The molecule has 0 aliphatic carbocycles. The van der Waals surface area contributed by atoms with Gasteiger partial charge in [-0.1, -0.05) is 84.9 Å². The Morgan fingerprint density at radius 3 is 2.09 bits per heavy atom. The molecule has 15 heteroatoms. The molecule has 1 aliphatic rings. The SMILES string of the molecule is NC(N)=NCCCC1NC(=O)C(Cc2ccccc2)NC(=O)C(NC(=O)c2ccccc2)COCCCCOCC(C(=O)Nc2cccc3ccccc23)NC1=O. The van der Waals surface area contributed by atoms with E-state index in [0.29, 0.717) is 30.5 Å². The molecule has 0 bridgehead atoms. The molecule has 0 radical (unpaired) electrons. The van der Waals surface area contributed by atoms with Gasteiger partial charge in [0.05, 0.1) is 13.2 Å².